The van der Waals surface area contributed by atoms with Crippen LogP contribution in [0.5, 0.6) is 0 Å². The number of nitrogens with two attached hydrogens (primary N) is 1. The summed E-state index contributed by atoms with van der Waals surface area (Å²) in [6.07, 6.45) is 0.882. The molecule has 2 heterocycles. The molecule has 18 heavy (non-hydrogen) atoms. The molecule has 0 aromatic carbocycles. The Morgan fingerprint density at radius 1 is 1.56 bits per heavy atom. The van der Waals surface area contributed by atoms with Crippen molar-refractivity contribution in [1.29, 1.82) is 0 Å². The number of amides is 1. The van der Waals surface area contributed by atoms with Gasteiger partial charge in [0, 0.05) is 25.6 Å². The molecule has 0 aromatic rings. The van der Waals surface area contributed by atoms with Gasteiger partial charge in [0.2, 0.25) is 5.91 Å². The number of likely N-dealkylation sites (tertiary alicyclic amines) is 1. The summed E-state index contributed by atoms with van der Waals surface area (Å²) in [6.45, 7) is 3.74. The van der Waals surface area contributed by atoms with Gasteiger partial charge in [-0.3, -0.25) is 9.59 Å². The molecular weight excluding hydrogens is 236 g/mol. The van der Waals surface area contributed by atoms with Gasteiger partial charge in [-0.15, -0.1) is 0 Å². The number of nitrogens with zero attached hydrogens (tertiary/aromatic N) is 1. The summed E-state index contributed by atoms with van der Waals surface area (Å²) in [7, 11) is 0. The van der Waals surface area contributed by atoms with Gasteiger partial charge in [0.15, 0.2) is 0 Å². The van der Waals surface area contributed by atoms with Crippen molar-refractivity contribution in [3.05, 3.63) is 0 Å². The number of carboxylic acid groups (broad SMARTS) is 1. The molecule has 6 heteroatoms. The molecule has 0 spiro atoms. The molecule has 2 aliphatic heterocycles. The van der Waals surface area contributed by atoms with Crippen molar-refractivity contribution in [3.8, 4) is 0 Å². The van der Waals surface area contributed by atoms with Crippen LogP contribution in [-0.4, -0.2) is 54.2 Å². The van der Waals surface area contributed by atoms with E-state index in [0.717, 1.165) is 6.42 Å². The Kier molecular flexibility index (Phi) is 3.59. The molecule has 3 N–H and O–H groups in total. The van der Waals surface area contributed by atoms with Crippen molar-refractivity contribution in [2.24, 2.45) is 17.1 Å². The maximum atomic E-state index is 12.4. The maximum Gasteiger partial charge on any atom is 0.303 e. The highest BCUT2D eigenvalue weighted by molar-refractivity contribution is 5.84. The average Bonchev–Trinajstić information content (AvgIpc) is 2.86. The number of aliphatic carboxylic acids is 1. The van der Waals surface area contributed by atoms with Crippen LogP contribution in [0.25, 0.3) is 0 Å². The monoisotopic (exact) mass is 256 g/mol. The Balaban J connectivity index is 1.97. The maximum absolute atomic E-state index is 12.4. The molecule has 0 saturated carbocycles. The largest absolute Gasteiger partial charge is 0.481 e. The fraction of sp³-hybridized carbons (Fsp3) is 0.833. The Hall–Kier alpha value is -1.14. The van der Waals surface area contributed by atoms with E-state index in [-0.39, 0.29) is 24.3 Å². The Morgan fingerprint density at radius 3 is 2.83 bits per heavy atom. The lowest BCUT2D eigenvalue weighted by atomic mass is 9.84. The van der Waals surface area contributed by atoms with Crippen molar-refractivity contribution in [3.63, 3.8) is 0 Å². The van der Waals surface area contributed by atoms with E-state index in [4.69, 9.17) is 15.6 Å². The molecule has 6 nitrogen and oxygen atoms in total. The van der Waals surface area contributed by atoms with Gasteiger partial charge in [-0.05, 0) is 19.3 Å². The van der Waals surface area contributed by atoms with Crippen LogP contribution < -0.4 is 5.73 Å². The molecule has 0 aliphatic carbocycles. The molecular formula is C12H20N2O4. The van der Waals surface area contributed by atoms with E-state index in [1.54, 1.807) is 4.90 Å². The highest BCUT2D eigenvalue weighted by atomic mass is 16.5. The normalized spacial score (nSPS) is 36.0. The average molecular weight is 256 g/mol. The molecule has 2 rings (SSSR count). The summed E-state index contributed by atoms with van der Waals surface area (Å²) >= 11 is 0. The third kappa shape index (κ3) is 2.35. The van der Waals surface area contributed by atoms with Crippen molar-refractivity contribution < 1.29 is 19.4 Å². The second-order valence-electron chi connectivity index (χ2n) is 5.54. The van der Waals surface area contributed by atoms with Gasteiger partial charge in [-0.2, -0.15) is 0 Å². The van der Waals surface area contributed by atoms with Crippen molar-refractivity contribution in [1.82, 2.24) is 4.90 Å². The molecule has 102 valence electrons. The highest BCUT2D eigenvalue weighted by Crippen LogP contribution is 2.32. The molecule has 0 bridgehead atoms. The van der Waals surface area contributed by atoms with Crippen LogP contribution in [0.15, 0.2) is 0 Å². The summed E-state index contributed by atoms with van der Waals surface area (Å²) in [5.41, 5.74) is 5.28. The number of carboxylic acids is 1. The van der Waals surface area contributed by atoms with Crippen LogP contribution in [0.2, 0.25) is 0 Å². The fourth-order valence-electron chi connectivity index (χ4n) is 2.70. The summed E-state index contributed by atoms with van der Waals surface area (Å²) in [5, 5.41) is 8.76. The summed E-state index contributed by atoms with van der Waals surface area (Å²) in [6, 6.07) is -0.275. The highest BCUT2D eigenvalue weighted by Gasteiger charge is 2.47. The predicted molar refractivity (Wildman–Crippen MR) is 63.8 cm³/mol. The molecule has 0 radical (unpaired) electrons. The second kappa shape index (κ2) is 4.85. The summed E-state index contributed by atoms with van der Waals surface area (Å²) in [4.78, 5) is 24.8. The molecule has 1 amide bonds. The first-order valence-electron chi connectivity index (χ1n) is 6.28. The number of hydrogen-bond acceptors (Lipinski definition) is 4. The van der Waals surface area contributed by atoms with Crippen molar-refractivity contribution in [2.45, 2.75) is 25.8 Å². The number of carbonyl (C=O) groups is 2. The van der Waals surface area contributed by atoms with Crippen LogP contribution in [0, 0.1) is 11.3 Å². The fourth-order valence-corrected chi connectivity index (χ4v) is 2.70. The first-order valence-corrected chi connectivity index (χ1v) is 6.28. The topological polar surface area (TPSA) is 92.9 Å². The van der Waals surface area contributed by atoms with E-state index < -0.39 is 11.4 Å². The van der Waals surface area contributed by atoms with Crippen LogP contribution in [0.4, 0.5) is 0 Å². The summed E-state index contributed by atoms with van der Waals surface area (Å²) < 4.78 is 5.28. The molecule has 0 aromatic heterocycles. The molecule has 3 atom stereocenters. The van der Waals surface area contributed by atoms with Crippen LogP contribution >= 0.6 is 0 Å². The van der Waals surface area contributed by atoms with Gasteiger partial charge in [-0.1, -0.05) is 0 Å². The zero-order valence-corrected chi connectivity index (χ0v) is 10.6. The quantitative estimate of drug-likeness (QED) is 0.721. The van der Waals surface area contributed by atoms with E-state index in [2.05, 4.69) is 0 Å². The minimum absolute atomic E-state index is 0.000360. The molecule has 2 aliphatic rings. The minimum atomic E-state index is -0.804. The SMILES string of the molecule is CC1(C(=O)N2CCC(CC(=O)O)C2)COCC1N. The van der Waals surface area contributed by atoms with Crippen molar-refractivity contribution in [2.75, 3.05) is 26.3 Å². The Bertz CT molecular complexity index is 360. The first kappa shape index (κ1) is 13.3. The number of carbonyl (C=O) groups excluding carboxylic acids is 1. The zero-order valence-electron chi connectivity index (χ0n) is 10.6. The minimum Gasteiger partial charge on any atom is -0.481 e. The number of rotatable bonds is 3. The van der Waals surface area contributed by atoms with E-state index in [0.29, 0.717) is 26.3 Å². The second-order valence-corrected chi connectivity index (χ2v) is 5.54. The van der Waals surface area contributed by atoms with Gasteiger partial charge < -0.3 is 20.5 Å². The lowest BCUT2D eigenvalue weighted by molar-refractivity contribution is -0.142. The smallest absolute Gasteiger partial charge is 0.303 e. The standard InChI is InChI=1S/C12H20N2O4/c1-12(7-18-6-9(12)13)11(17)14-3-2-8(5-14)4-10(15)16/h8-9H,2-7,13H2,1H3,(H,15,16). The van der Waals surface area contributed by atoms with Crippen LogP contribution in [0.3, 0.4) is 0 Å². The third-order valence-corrected chi connectivity index (χ3v) is 4.04. The lowest BCUT2D eigenvalue weighted by Crippen LogP contribution is -2.51. The van der Waals surface area contributed by atoms with E-state index in [1.807, 2.05) is 6.92 Å². The van der Waals surface area contributed by atoms with E-state index in [9.17, 15) is 9.59 Å². The van der Waals surface area contributed by atoms with Gasteiger partial charge in [0.25, 0.3) is 0 Å². The molecule has 2 fully saturated rings. The van der Waals surface area contributed by atoms with E-state index >= 15 is 0 Å². The first-order chi connectivity index (χ1) is 8.43. The van der Waals surface area contributed by atoms with Crippen LogP contribution in [-0.2, 0) is 14.3 Å². The number of hydrogen-bond donors (Lipinski definition) is 2. The van der Waals surface area contributed by atoms with Gasteiger partial charge in [0.05, 0.1) is 18.6 Å². The van der Waals surface area contributed by atoms with Crippen molar-refractivity contribution >= 4 is 11.9 Å². The van der Waals surface area contributed by atoms with Gasteiger partial charge in [-0.25, -0.2) is 0 Å². The number of ether oxygens (including phenoxy) is 1. The van der Waals surface area contributed by atoms with Crippen LogP contribution in [0.1, 0.15) is 19.8 Å². The Morgan fingerprint density at radius 2 is 2.28 bits per heavy atom. The Labute approximate surface area is 106 Å². The molecule has 3 unspecified atom stereocenters. The van der Waals surface area contributed by atoms with Gasteiger partial charge >= 0.3 is 5.97 Å². The zero-order chi connectivity index (χ0) is 13.3. The van der Waals surface area contributed by atoms with Gasteiger partial charge in [0.1, 0.15) is 0 Å². The third-order valence-electron chi connectivity index (χ3n) is 4.04. The predicted octanol–water partition coefficient (Wildman–Crippen LogP) is -0.327. The molecule has 2 saturated heterocycles. The van der Waals surface area contributed by atoms with E-state index in [1.165, 1.54) is 0 Å². The lowest BCUT2D eigenvalue weighted by Gasteiger charge is -2.30. The summed E-state index contributed by atoms with van der Waals surface area (Å²) in [5.74, 6) is -0.740.